The van der Waals surface area contributed by atoms with Crippen LogP contribution in [-0.2, 0) is 13.6 Å². The summed E-state index contributed by atoms with van der Waals surface area (Å²) in [6, 6.07) is 1.70. The van der Waals surface area contributed by atoms with Crippen LogP contribution in [0.1, 0.15) is 59.5 Å². The van der Waals surface area contributed by atoms with Crippen LogP contribution in [0.15, 0.2) is 10.6 Å². The van der Waals surface area contributed by atoms with E-state index in [9.17, 15) is 4.79 Å². The fourth-order valence-electron chi connectivity index (χ4n) is 4.00. The van der Waals surface area contributed by atoms with Crippen molar-refractivity contribution in [3.05, 3.63) is 29.2 Å². The maximum Gasteiger partial charge on any atom is 0.292 e. The number of rotatable bonds is 4. The Kier molecular flexibility index (Phi) is 4.76. The molecule has 8 nitrogen and oxygen atoms in total. The molecule has 2 fully saturated rings. The third-order valence-corrected chi connectivity index (χ3v) is 5.47. The van der Waals surface area contributed by atoms with E-state index in [1.165, 1.54) is 12.8 Å². The molecule has 0 aliphatic carbocycles. The number of aromatic nitrogens is 4. The van der Waals surface area contributed by atoms with Crippen LogP contribution >= 0.6 is 0 Å². The van der Waals surface area contributed by atoms with Crippen LogP contribution < -0.4 is 0 Å². The quantitative estimate of drug-likeness (QED) is 0.828. The third kappa shape index (κ3) is 3.38. The van der Waals surface area contributed by atoms with Crippen LogP contribution in [0.5, 0.6) is 0 Å². The zero-order valence-corrected chi connectivity index (χ0v) is 15.5. The molecule has 0 spiro atoms. The number of hydrogen-bond donors (Lipinski definition) is 0. The molecule has 0 unspecified atom stereocenters. The molecule has 2 saturated heterocycles. The molecule has 1 amide bonds. The topological polar surface area (TPSA) is 80.3 Å². The smallest absolute Gasteiger partial charge is 0.292 e. The maximum absolute atomic E-state index is 12.7. The highest BCUT2D eigenvalue weighted by molar-refractivity contribution is 5.91. The highest BCUT2D eigenvalue weighted by Gasteiger charge is 2.30. The third-order valence-electron chi connectivity index (χ3n) is 5.47. The Morgan fingerprint density at radius 1 is 1.23 bits per heavy atom. The van der Waals surface area contributed by atoms with E-state index in [0.717, 1.165) is 56.4 Å². The molecular formula is C18H26N6O2. The van der Waals surface area contributed by atoms with E-state index >= 15 is 0 Å². The average molecular weight is 358 g/mol. The first-order chi connectivity index (χ1) is 12.6. The Morgan fingerprint density at radius 2 is 2.04 bits per heavy atom. The summed E-state index contributed by atoms with van der Waals surface area (Å²) < 4.78 is 7.26. The first kappa shape index (κ1) is 17.2. The summed E-state index contributed by atoms with van der Waals surface area (Å²) in [7, 11) is 2.04. The van der Waals surface area contributed by atoms with Gasteiger partial charge in [-0.3, -0.25) is 9.69 Å². The Morgan fingerprint density at radius 3 is 2.77 bits per heavy atom. The second-order valence-electron chi connectivity index (χ2n) is 7.44. The molecule has 0 aromatic carbocycles. The normalized spacial score (nSPS) is 21.5. The number of amides is 1. The highest BCUT2D eigenvalue weighted by Crippen LogP contribution is 2.27. The zero-order valence-electron chi connectivity index (χ0n) is 15.5. The molecule has 0 saturated carbocycles. The molecule has 26 heavy (non-hydrogen) atoms. The van der Waals surface area contributed by atoms with Crippen molar-refractivity contribution in [2.24, 2.45) is 7.05 Å². The highest BCUT2D eigenvalue weighted by atomic mass is 16.5. The Balaban J connectivity index is 1.46. The lowest BCUT2D eigenvalue weighted by atomic mass is 9.97. The molecule has 8 heteroatoms. The van der Waals surface area contributed by atoms with Gasteiger partial charge in [0.05, 0.1) is 12.2 Å². The van der Waals surface area contributed by atoms with Crippen molar-refractivity contribution in [3.8, 4) is 0 Å². The fraction of sp³-hybridized carbons (Fsp3) is 0.667. The molecule has 2 aromatic rings. The van der Waals surface area contributed by atoms with Crippen molar-refractivity contribution in [3.63, 3.8) is 0 Å². The zero-order chi connectivity index (χ0) is 18.1. The lowest BCUT2D eigenvalue weighted by Gasteiger charge is -2.31. The standard InChI is InChI=1S/C18H26N6O2/c1-13-10-15(26-21-13)18(25)24-9-5-6-14(11-24)17-20-19-16(22(17)2)12-23-7-3-4-8-23/h10,14H,3-9,11-12H2,1-2H3/t14-/m1/s1. The van der Waals surface area contributed by atoms with Crippen molar-refractivity contribution in [2.75, 3.05) is 26.2 Å². The van der Waals surface area contributed by atoms with Gasteiger partial charge in [0.25, 0.3) is 5.91 Å². The Bertz CT molecular complexity index is 776. The van der Waals surface area contributed by atoms with Gasteiger partial charge in [-0.25, -0.2) is 0 Å². The molecule has 140 valence electrons. The van der Waals surface area contributed by atoms with Gasteiger partial charge in [-0.05, 0) is 45.7 Å². The summed E-state index contributed by atoms with van der Waals surface area (Å²) in [6.45, 7) is 6.35. The molecule has 0 bridgehead atoms. The van der Waals surface area contributed by atoms with Gasteiger partial charge < -0.3 is 14.0 Å². The van der Waals surface area contributed by atoms with Gasteiger partial charge >= 0.3 is 0 Å². The predicted octanol–water partition coefficient (Wildman–Crippen LogP) is 1.73. The van der Waals surface area contributed by atoms with Crippen molar-refractivity contribution < 1.29 is 9.32 Å². The van der Waals surface area contributed by atoms with Crippen LogP contribution in [0.2, 0.25) is 0 Å². The number of carbonyl (C=O) groups is 1. The van der Waals surface area contributed by atoms with E-state index in [1.807, 2.05) is 18.9 Å². The van der Waals surface area contributed by atoms with E-state index in [0.29, 0.717) is 12.3 Å². The minimum atomic E-state index is -0.0882. The van der Waals surface area contributed by atoms with Gasteiger partial charge in [-0.2, -0.15) is 0 Å². The molecule has 2 aromatic heterocycles. The summed E-state index contributed by atoms with van der Waals surface area (Å²) in [5.74, 6) is 2.42. The molecular weight excluding hydrogens is 332 g/mol. The summed E-state index contributed by atoms with van der Waals surface area (Å²) in [4.78, 5) is 16.9. The van der Waals surface area contributed by atoms with Gasteiger partial charge in [0.15, 0.2) is 0 Å². The maximum atomic E-state index is 12.7. The van der Waals surface area contributed by atoms with E-state index in [1.54, 1.807) is 6.07 Å². The van der Waals surface area contributed by atoms with Crippen LogP contribution in [0.25, 0.3) is 0 Å². The Labute approximate surface area is 153 Å². The second-order valence-corrected chi connectivity index (χ2v) is 7.44. The van der Waals surface area contributed by atoms with Gasteiger partial charge in [0, 0.05) is 32.1 Å². The van der Waals surface area contributed by atoms with E-state index in [-0.39, 0.29) is 11.8 Å². The summed E-state index contributed by atoms with van der Waals surface area (Å²) >= 11 is 0. The lowest BCUT2D eigenvalue weighted by Crippen LogP contribution is -2.39. The molecule has 0 radical (unpaired) electrons. The van der Waals surface area contributed by atoms with Crippen LogP contribution in [0, 0.1) is 6.92 Å². The molecule has 2 aliphatic heterocycles. The second kappa shape index (κ2) is 7.19. The summed E-state index contributed by atoms with van der Waals surface area (Å²) in [5, 5.41) is 12.7. The molecule has 4 rings (SSSR count). The number of carbonyl (C=O) groups excluding carboxylic acids is 1. The van der Waals surface area contributed by atoms with E-state index < -0.39 is 0 Å². The monoisotopic (exact) mass is 358 g/mol. The van der Waals surface area contributed by atoms with Crippen molar-refractivity contribution in [1.29, 1.82) is 0 Å². The van der Waals surface area contributed by atoms with Crippen molar-refractivity contribution in [2.45, 2.75) is 45.1 Å². The van der Waals surface area contributed by atoms with Crippen LogP contribution in [0.4, 0.5) is 0 Å². The first-order valence-corrected chi connectivity index (χ1v) is 9.45. The van der Waals surface area contributed by atoms with Crippen molar-refractivity contribution in [1.82, 2.24) is 29.7 Å². The van der Waals surface area contributed by atoms with E-state index in [4.69, 9.17) is 4.52 Å². The molecule has 1 atom stereocenters. The largest absolute Gasteiger partial charge is 0.351 e. The minimum absolute atomic E-state index is 0.0882. The first-order valence-electron chi connectivity index (χ1n) is 9.45. The van der Waals surface area contributed by atoms with Crippen molar-refractivity contribution >= 4 is 5.91 Å². The lowest BCUT2D eigenvalue weighted by molar-refractivity contribution is 0.0661. The summed E-state index contributed by atoms with van der Waals surface area (Å²) in [5.41, 5.74) is 0.724. The van der Waals surface area contributed by atoms with Gasteiger partial charge in [-0.15, -0.1) is 10.2 Å². The number of likely N-dealkylation sites (tertiary alicyclic amines) is 2. The minimum Gasteiger partial charge on any atom is -0.351 e. The van der Waals surface area contributed by atoms with Crippen LogP contribution in [-0.4, -0.2) is 61.8 Å². The SMILES string of the molecule is Cc1cc(C(=O)N2CCC[C@@H](c3nnc(CN4CCCC4)n3C)C2)on1. The molecule has 0 N–H and O–H groups in total. The number of piperidine rings is 1. The van der Waals surface area contributed by atoms with E-state index in [2.05, 4.69) is 24.8 Å². The number of hydrogen-bond acceptors (Lipinski definition) is 6. The van der Waals surface area contributed by atoms with Gasteiger partial charge in [0.1, 0.15) is 11.6 Å². The van der Waals surface area contributed by atoms with Crippen LogP contribution in [0.3, 0.4) is 0 Å². The fourth-order valence-corrected chi connectivity index (χ4v) is 4.00. The molecule has 2 aliphatic rings. The number of aryl methyl sites for hydroxylation is 1. The molecule has 4 heterocycles. The Hall–Kier alpha value is -2.22. The predicted molar refractivity (Wildman–Crippen MR) is 94.6 cm³/mol. The van der Waals surface area contributed by atoms with Gasteiger partial charge in [0.2, 0.25) is 5.76 Å². The summed E-state index contributed by atoms with van der Waals surface area (Å²) in [6.07, 6.45) is 4.52. The number of nitrogens with zero attached hydrogens (tertiary/aromatic N) is 6. The average Bonchev–Trinajstić information content (AvgIpc) is 3.38. The van der Waals surface area contributed by atoms with Gasteiger partial charge in [-0.1, -0.05) is 5.16 Å².